The lowest BCUT2D eigenvalue weighted by atomic mass is 10.2. The number of alkyl halides is 12. The summed E-state index contributed by atoms with van der Waals surface area (Å²) in [6.45, 7) is 0. The number of fused-ring (bicyclic) bond motifs is 6. The second kappa shape index (κ2) is 8.95. The standard InChI is InChI=1S/C20Br2F12S6/c21-3-9-5(1-7(37-9)15(19(29,30)31)39-13(1)17(23,24)25)35-11(3)12-4(22)10-6(36-12)2-8(38-10)16(20(32,33)34)40-14(2)18(26,27)28. The molecule has 0 aliphatic rings. The molecule has 0 saturated heterocycles. The van der Waals surface area contributed by atoms with Crippen LogP contribution in [0.1, 0.15) is 19.5 Å². The summed E-state index contributed by atoms with van der Waals surface area (Å²) in [7, 11) is 0. The lowest BCUT2D eigenvalue weighted by Gasteiger charge is -2.04. The summed E-state index contributed by atoms with van der Waals surface area (Å²) in [5, 5.41) is -1.24. The Labute approximate surface area is 252 Å². The monoisotopic (exact) mass is 818 g/mol. The molecule has 0 aliphatic carbocycles. The van der Waals surface area contributed by atoms with Gasteiger partial charge < -0.3 is 0 Å². The maximum Gasteiger partial charge on any atom is 0.427 e. The Morgan fingerprint density at radius 1 is 0.350 bits per heavy atom. The summed E-state index contributed by atoms with van der Waals surface area (Å²) in [6, 6.07) is 0. The quantitative estimate of drug-likeness (QED) is 0.145. The predicted octanol–water partition coefficient (Wildman–Crippen LogP) is 13.9. The summed E-state index contributed by atoms with van der Waals surface area (Å²) in [6.07, 6.45) is -20.2. The minimum absolute atomic E-state index is 0.0773. The van der Waals surface area contributed by atoms with Crippen LogP contribution in [-0.2, 0) is 24.7 Å². The van der Waals surface area contributed by atoms with Gasteiger partial charge in [0.2, 0.25) is 0 Å². The predicted molar refractivity (Wildman–Crippen MR) is 145 cm³/mol. The molecule has 0 unspecified atom stereocenters. The van der Waals surface area contributed by atoms with Crippen molar-refractivity contribution in [1.29, 1.82) is 0 Å². The van der Waals surface area contributed by atoms with Gasteiger partial charge in [0.25, 0.3) is 0 Å². The van der Waals surface area contributed by atoms with Crippen molar-refractivity contribution in [2.45, 2.75) is 24.7 Å². The lowest BCUT2D eigenvalue weighted by molar-refractivity contribution is -0.135. The zero-order valence-electron chi connectivity index (χ0n) is 17.7. The van der Waals surface area contributed by atoms with Gasteiger partial charge in [-0.25, -0.2) is 0 Å². The Bertz CT molecular complexity index is 1840. The number of thiophene rings is 6. The molecule has 20 heteroatoms. The summed E-state index contributed by atoms with van der Waals surface area (Å²) in [5.74, 6) is 0. The molecule has 0 fully saturated rings. The van der Waals surface area contributed by atoms with Gasteiger partial charge in [0.05, 0.1) is 46.9 Å². The fraction of sp³-hybridized carbons (Fsp3) is 0.200. The third-order valence-corrected chi connectivity index (χ3v) is 16.2. The maximum atomic E-state index is 13.8. The highest BCUT2D eigenvalue weighted by atomic mass is 79.9. The Morgan fingerprint density at radius 2 is 0.650 bits per heavy atom. The van der Waals surface area contributed by atoms with Crippen LogP contribution in [0.15, 0.2) is 8.95 Å². The topological polar surface area (TPSA) is 0 Å². The van der Waals surface area contributed by atoms with E-state index in [0.717, 1.165) is 0 Å². The molecule has 0 nitrogen and oxygen atoms in total. The fourth-order valence-electron chi connectivity index (χ4n) is 4.01. The van der Waals surface area contributed by atoms with Crippen LogP contribution in [0.25, 0.3) is 48.7 Å². The van der Waals surface area contributed by atoms with Crippen molar-refractivity contribution < 1.29 is 52.7 Å². The molecule has 0 N–H and O–H groups in total. The Morgan fingerprint density at radius 3 is 0.925 bits per heavy atom. The first kappa shape index (κ1) is 29.4. The number of halogens is 14. The van der Waals surface area contributed by atoms with Gasteiger partial charge in [-0.05, 0) is 31.9 Å². The van der Waals surface area contributed by atoms with Crippen molar-refractivity contribution in [1.82, 2.24) is 0 Å². The minimum atomic E-state index is -5.09. The molecule has 0 radical (unpaired) electrons. The summed E-state index contributed by atoms with van der Waals surface area (Å²) >= 11 is 8.06. The van der Waals surface area contributed by atoms with Crippen molar-refractivity contribution in [2.75, 3.05) is 0 Å². The van der Waals surface area contributed by atoms with Gasteiger partial charge in [0.1, 0.15) is 19.5 Å². The van der Waals surface area contributed by atoms with E-state index in [4.69, 9.17) is 0 Å². The average Bonchev–Trinajstić information content (AvgIpc) is 3.55. The van der Waals surface area contributed by atoms with E-state index >= 15 is 0 Å². The number of hydrogen-bond acceptors (Lipinski definition) is 6. The molecule has 0 aliphatic heterocycles. The minimum Gasteiger partial charge on any atom is -0.165 e. The highest BCUT2D eigenvalue weighted by Crippen LogP contribution is 2.61. The zero-order valence-corrected chi connectivity index (χ0v) is 25.8. The molecule has 0 amide bonds. The van der Waals surface area contributed by atoms with E-state index in [1.54, 1.807) is 0 Å². The Kier molecular flexibility index (Phi) is 6.58. The maximum absolute atomic E-state index is 13.8. The van der Waals surface area contributed by atoms with Crippen LogP contribution in [0.2, 0.25) is 0 Å². The highest BCUT2D eigenvalue weighted by Gasteiger charge is 2.46. The Balaban J connectivity index is 1.64. The summed E-state index contributed by atoms with van der Waals surface area (Å²) in [5.41, 5.74) is 0. The van der Waals surface area contributed by atoms with E-state index in [-0.39, 0.29) is 37.5 Å². The van der Waals surface area contributed by atoms with Gasteiger partial charge in [-0.2, -0.15) is 52.7 Å². The average molecular weight is 820 g/mol. The largest absolute Gasteiger partial charge is 0.427 e. The van der Waals surface area contributed by atoms with Crippen LogP contribution in [-0.4, -0.2) is 0 Å². The van der Waals surface area contributed by atoms with Crippen molar-refractivity contribution in [3.05, 3.63) is 28.5 Å². The smallest absolute Gasteiger partial charge is 0.165 e. The molecular formula is C20Br2F12S6. The van der Waals surface area contributed by atoms with Gasteiger partial charge in [-0.15, -0.1) is 68.0 Å². The summed E-state index contributed by atoms with van der Waals surface area (Å²) in [4.78, 5) is -5.22. The molecule has 6 aromatic heterocycles. The van der Waals surface area contributed by atoms with Crippen LogP contribution in [0, 0.1) is 0 Å². The lowest BCUT2D eigenvalue weighted by Crippen LogP contribution is -2.03. The third kappa shape index (κ3) is 4.29. The molecule has 0 atom stereocenters. The van der Waals surface area contributed by atoms with Crippen LogP contribution in [0.3, 0.4) is 0 Å². The molecule has 6 aromatic rings. The molecule has 0 aromatic carbocycles. The van der Waals surface area contributed by atoms with E-state index in [1.807, 2.05) is 0 Å². The van der Waals surface area contributed by atoms with Gasteiger partial charge >= 0.3 is 24.7 Å². The molecule has 0 bridgehead atoms. The SMILES string of the molecule is FC(F)(F)c1sc(C(F)(F)F)c2c1sc1c(Br)c(-c3sc4c(sc5c(C(F)(F)F)sc(C(F)(F)F)c54)c3Br)sc12. The van der Waals surface area contributed by atoms with Crippen molar-refractivity contribution in [3.63, 3.8) is 0 Å². The van der Waals surface area contributed by atoms with Crippen molar-refractivity contribution in [2.24, 2.45) is 0 Å². The summed E-state index contributed by atoms with van der Waals surface area (Å²) < 4.78 is 163. The number of rotatable bonds is 1. The van der Waals surface area contributed by atoms with Crippen LogP contribution >= 0.6 is 99.9 Å². The molecule has 6 heterocycles. The van der Waals surface area contributed by atoms with E-state index in [0.29, 0.717) is 45.3 Å². The third-order valence-electron chi connectivity index (χ3n) is 5.45. The molecule has 0 spiro atoms. The second-order valence-electron chi connectivity index (χ2n) is 7.93. The second-order valence-corrected chi connectivity index (χ2v) is 15.6. The molecule has 40 heavy (non-hydrogen) atoms. The van der Waals surface area contributed by atoms with Crippen LogP contribution in [0.4, 0.5) is 52.7 Å². The first-order valence-electron chi connectivity index (χ1n) is 9.85. The number of hydrogen-bond donors (Lipinski definition) is 0. The van der Waals surface area contributed by atoms with E-state index in [1.165, 1.54) is 0 Å². The van der Waals surface area contributed by atoms with Gasteiger partial charge in [-0.3, -0.25) is 0 Å². The van der Waals surface area contributed by atoms with E-state index in [9.17, 15) is 52.7 Å². The van der Waals surface area contributed by atoms with Crippen LogP contribution in [0.5, 0.6) is 0 Å². The molecular weight excluding hydrogens is 820 g/mol. The Hall–Kier alpha value is -0.640. The van der Waals surface area contributed by atoms with Gasteiger partial charge in [-0.1, -0.05) is 0 Å². The molecule has 0 saturated carbocycles. The molecule has 214 valence electrons. The van der Waals surface area contributed by atoms with Crippen molar-refractivity contribution >= 4 is 139 Å². The zero-order chi connectivity index (χ0) is 29.5. The van der Waals surface area contributed by atoms with E-state index in [2.05, 4.69) is 31.9 Å². The van der Waals surface area contributed by atoms with Gasteiger partial charge in [0, 0.05) is 10.8 Å². The highest BCUT2D eigenvalue weighted by molar-refractivity contribution is 9.11. The van der Waals surface area contributed by atoms with Crippen molar-refractivity contribution in [3.8, 4) is 9.75 Å². The first-order valence-corrected chi connectivity index (χ1v) is 16.3. The normalized spacial score (nSPS) is 14.2. The molecule has 6 rings (SSSR count). The van der Waals surface area contributed by atoms with E-state index < -0.39 is 87.1 Å². The van der Waals surface area contributed by atoms with Crippen LogP contribution < -0.4 is 0 Å². The van der Waals surface area contributed by atoms with Gasteiger partial charge in [0.15, 0.2) is 0 Å². The fourth-order valence-corrected chi connectivity index (χ4v) is 14.3. The first-order chi connectivity index (χ1) is 18.2.